The highest BCUT2D eigenvalue weighted by molar-refractivity contribution is 5.27. The van der Waals surface area contributed by atoms with E-state index in [1.807, 2.05) is 12.1 Å². The van der Waals surface area contributed by atoms with Gasteiger partial charge in [-0.15, -0.1) is 0 Å². The van der Waals surface area contributed by atoms with Gasteiger partial charge in [0.15, 0.2) is 0 Å². The molecule has 2 rings (SSSR count). The van der Waals surface area contributed by atoms with Gasteiger partial charge in [-0.25, -0.2) is 0 Å². The van der Waals surface area contributed by atoms with E-state index in [1.54, 1.807) is 7.11 Å². The van der Waals surface area contributed by atoms with E-state index in [-0.39, 0.29) is 5.41 Å². The standard InChI is InChI=1S/C19H31NO3/c1-19(2,3)18-16(9-10-23-18)14-20-13-15-5-7-17(8-6-15)22-12-11-21-4/h5-8,16,18,20H,9-14H2,1-4H3/t16-,18+/m1/s1. The number of methoxy groups -OCH3 is 1. The zero-order valence-corrected chi connectivity index (χ0v) is 14.9. The number of ether oxygens (including phenoxy) is 3. The van der Waals surface area contributed by atoms with Gasteiger partial charge < -0.3 is 19.5 Å². The van der Waals surface area contributed by atoms with E-state index in [1.165, 1.54) is 5.56 Å². The van der Waals surface area contributed by atoms with E-state index in [9.17, 15) is 0 Å². The minimum atomic E-state index is 0.212. The van der Waals surface area contributed by atoms with E-state index < -0.39 is 0 Å². The summed E-state index contributed by atoms with van der Waals surface area (Å²) in [5.74, 6) is 1.49. The molecule has 0 aliphatic carbocycles. The van der Waals surface area contributed by atoms with Crippen LogP contribution in [-0.4, -0.2) is 39.6 Å². The maximum atomic E-state index is 5.93. The van der Waals surface area contributed by atoms with Crippen molar-refractivity contribution in [1.82, 2.24) is 5.32 Å². The maximum absolute atomic E-state index is 5.93. The van der Waals surface area contributed by atoms with Gasteiger partial charge in [-0.2, -0.15) is 0 Å². The highest BCUT2D eigenvalue weighted by atomic mass is 16.5. The highest BCUT2D eigenvalue weighted by Crippen LogP contribution is 2.34. The van der Waals surface area contributed by atoms with E-state index >= 15 is 0 Å². The second kappa shape index (κ2) is 8.67. The molecule has 2 atom stereocenters. The molecule has 1 aliphatic rings. The van der Waals surface area contributed by atoms with Crippen LogP contribution in [0.25, 0.3) is 0 Å². The van der Waals surface area contributed by atoms with Gasteiger partial charge in [0.1, 0.15) is 12.4 Å². The van der Waals surface area contributed by atoms with Gasteiger partial charge in [0.25, 0.3) is 0 Å². The summed E-state index contributed by atoms with van der Waals surface area (Å²) in [5.41, 5.74) is 1.49. The fourth-order valence-electron chi connectivity index (χ4n) is 3.15. The monoisotopic (exact) mass is 321 g/mol. The minimum Gasteiger partial charge on any atom is -0.491 e. The van der Waals surface area contributed by atoms with Crippen LogP contribution < -0.4 is 10.1 Å². The Kier molecular flexibility index (Phi) is 6.88. The smallest absolute Gasteiger partial charge is 0.119 e. The Morgan fingerprint density at radius 2 is 1.91 bits per heavy atom. The molecule has 1 aromatic rings. The summed E-state index contributed by atoms with van der Waals surface area (Å²) >= 11 is 0. The summed E-state index contributed by atoms with van der Waals surface area (Å²) < 4.78 is 16.5. The molecule has 0 spiro atoms. The largest absolute Gasteiger partial charge is 0.491 e. The second-order valence-corrected chi connectivity index (χ2v) is 7.32. The van der Waals surface area contributed by atoms with Crippen molar-refractivity contribution in [2.24, 2.45) is 11.3 Å². The lowest BCUT2D eigenvalue weighted by atomic mass is 9.81. The number of nitrogens with one attached hydrogen (secondary N) is 1. The summed E-state index contributed by atoms with van der Waals surface area (Å²) in [4.78, 5) is 0. The molecule has 23 heavy (non-hydrogen) atoms. The summed E-state index contributed by atoms with van der Waals surface area (Å²) in [5, 5.41) is 3.58. The topological polar surface area (TPSA) is 39.7 Å². The van der Waals surface area contributed by atoms with E-state index in [0.717, 1.165) is 31.9 Å². The number of hydrogen-bond acceptors (Lipinski definition) is 4. The predicted molar refractivity (Wildman–Crippen MR) is 92.8 cm³/mol. The summed E-state index contributed by atoms with van der Waals surface area (Å²) in [6.45, 7) is 10.8. The van der Waals surface area contributed by atoms with Crippen molar-refractivity contribution >= 4 is 0 Å². The van der Waals surface area contributed by atoms with Crippen LogP contribution in [0.1, 0.15) is 32.8 Å². The highest BCUT2D eigenvalue weighted by Gasteiger charge is 2.36. The van der Waals surface area contributed by atoms with Gasteiger partial charge in [-0.1, -0.05) is 32.9 Å². The first-order valence-electron chi connectivity index (χ1n) is 8.53. The van der Waals surface area contributed by atoms with Crippen LogP contribution in [-0.2, 0) is 16.0 Å². The molecule has 4 nitrogen and oxygen atoms in total. The Morgan fingerprint density at radius 1 is 1.17 bits per heavy atom. The third-order valence-corrected chi connectivity index (χ3v) is 4.28. The van der Waals surface area contributed by atoms with Crippen LogP contribution in [0, 0.1) is 11.3 Å². The molecule has 1 aromatic carbocycles. The molecule has 0 saturated carbocycles. The maximum Gasteiger partial charge on any atom is 0.119 e. The van der Waals surface area contributed by atoms with Crippen molar-refractivity contribution in [3.63, 3.8) is 0 Å². The molecular weight excluding hydrogens is 290 g/mol. The zero-order chi connectivity index (χ0) is 16.7. The van der Waals surface area contributed by atoms with Crippen LogP contribution in [0.2, 0.25) is 0 Å². The van der Waals surface area contributed by atoms with E-state index in [2.05, 4.69) is 38.2 Å². The van der Waals surface area contributed by atoms with Crippen molar-refractivity contribution in [3.05, 3.63) is 29.8 Å². The fraction of sp³-hybridized carbons (Fsp3) is 0.684. The molecule has 4 heteroatoms. The van der Waals surface area contributed by atoms with Gasteiger partial charge in [0.05, 0.1) is 12.7 Å². The van der Waals surface area contributed by atoms with Crippen LogP contribution >= 0.6 is 0 Å². The van der Waals surface area contributed by atoms with Crippen molar-refractivity contribution < 1.29 is 14.2 Å². The van der Waals surface area contributed by atoms with Crippen molar-refractivity contribution in [3.8, 4) is 5.75 Å². The van der Waals surface area contributed by atoms with Gasteiger partial charge >= 0.3 is 0 Å². The number of rotatable bonds is 8. The first-order chi connectivity index (χ1) is 11.0. The van der Waals surface area contributed by atoms with Crippen molar-refractivity contribution in [1.29, 1.82) is 0 Å². The van der Waals surface area contributed by atoms with Crippen LogP contribution in [0.4, 0.5) is 0 Å². The van der Waals surface area contributed by atoms with Crippen LogP contribution in [0.3, 0.4) is 0 Å². The molecule has 0 bridgehead atoms. The molecule has 0 amide bonds. The average molecular weight is 321 g/mol. The van der Waals surface area contributed by atoms with Gasteiger partial charge in [0.2, 0.25) is 0 Å². The Labute approximate surface area is 140 Å². The molecule has 0 radical (unpaired) electrons. The van der Waals surface area contributed by atoms with Crippen LogP contribution in [0.5, 0.6) is 5.75 Å². The first-order valence-corrected chi connectivity index (χ1v) is 8.53. The molecule has 0 unspecified atom stereocenters. The molecule has 0 aromatic heterocycles. The van der Waals surface area contributed by atoms with E-state index in [0.29, 0.717) is 25.2 Å². The van der Waals surface area contributed by atoms with Crippen molar-refractivity contribution in [2.75, 3.05) is 33.5 Å². The molecule has 1 N–H and O–H groups in total. The lowest BCUT2D eigenvalue weighted by molar-refractivity contribution is 0.00721. The quantitative estimate of drug-likeness (QED) is 0.746. The fourth-order valence-corrected chi connectivity index (χ4v) is 3.15. The van der Waals surface area contributed by atoms with Gasteiger partial charge in [0, 0.05) is 32.7 Å². The molecule has 1 fully saturated rings. The SMILES string of the molecule is COCCOc1ccc(CNC[C@H]2CCO[C@@H]2C(C)(C)C)cc1. The average Bonchev–Trinajstić information content (AvgIpc) is 2.98. The Bertz CT molecular complexity index is 453. The molecule has 1 aliphatic heterocycles. The summed E-state index contributed by atoms with van der Waals surface area (Å²) in [6.07, 6.45) is 1.51. The zero-order valence-electron chi connectivity index (χ0n) is 14.9. The predicted octanol–water partition coefficient (Wildman–Crippen LogP) is 3.25. The second-order valence-electron chi connectivity index (χ2n) is 7.32. The van der Waals surface area contributed by atoms with Gasteiger partial charge in [-0.05, 0) is 29.5 Å². The van der Waals surface area contributed by atoms with E-state index in [4.69, 9.17) is 14.2 Å². The number of hydrogen-bond donors (Lipinski definition) is 1. The summed E-state index contributed by atoms with van der Waals surface area (Å²) in [7, 11) is 1.68. The van der Waals surface area contributed by atoms with Crippen molar-refractivity contribution in [2.45, 2.75) is 39.8 Å². The Hall–Kier alpha value is -1.10. The van der Waals surface area contributed by atoms with Gasteiger partial charge in [-0.3, -0.25) is 0 Å². The lowest BCUT2D eigenvalue weighted by Crippen LogP contribution is -2.36. The van der Waals surface area contributed by atoms with Crippen LogP contribution in [0.15, 0.2) is 24.3 Å². The lowest BCUT2D eigenvalue weighted by Gasteiger charge is -2.31. The molecule has 130 valence electrons. The third-order valence-electron chi connectivity index (χ3n) is 4.28. The molecule has 1 heterocycles. The molecule has 1 saturated heterocycles. The number of benzene rings is 1. The Balaban J connectivity index is 1.73. The summed E-state index contributed by atoms with van der Waals surface area (Å²) in [6, 6.07) is 8.26. The minimum absolute atomic E-state index is 0.212. The third kappa shape index (κ3) is 5.79. The first kappa shape index (κ1) is 18.2. The normalized spacial score (nSPS) is 21.6. The Morgan fingerprint density at radius 3 is 2.57 bits per heavy atom. The molecular formula is C19H31NO3.